The Balaban J connectivity index is 2.16. The summed E-state index contributed by atoms with van der Waals surface area (Å²) >= 11 is 1.83. The monoisotopic (exact) mass is 239 g/mol. The van der Waals surface area contributed by atoms with E-state index in [9.17, 15) is 0 Å². The number of hydrogen-bond acceptors (Lipinski definition) is 3. The minimum Gasteiger partial charge on any atom is -0.381 e. The molecule has 0 fully saturated rings. The fourth-order valence-corrected chi connectivity index (χ4v) is 2.18. The maximum Gasteiger partial charge on any atom is 0.0560 e. The third-order valence-electron chi connectivity index (χ3n) is 2.27. The van der Waals surface area contributed by atoms with Crippen molar-refractivity contribution in [3.8, 4) is 0 Å². The summed E-state index contributed by atoms with van der Waals surface area (Å²) in [7, 11) is 0. The van der Waals surface area contributed by atoms with Crippen LogP contribution in [0.3, 0.4) is 0 Å². The van der Waals surface area contributed by atoms with E-state index in [1.807, 2.05) is 11.8 Å². The SMILES string of the molecule is CCCCOCCSc1cccc(CN)c1. The largest absolute Gasteiger partial charge is 0.381 e. The van der Waals surface area contributed by atoms with Crippen molar-refractivity contribution >= 4 is 11.8 Å². The van der Waals surface area contributed by atoms with Crippen LogP contribution in [0.2, 0.25) is 0 Å². The van der Waals surface area contributed by atoms with Gasteiger partial charge in [0.05, 0.1) is 6.61 Å². The Morgan fingerprint density at radius 3 is 2.94 bits per heavy atom. The summed E-state index contributed by atoms with van der Waals surface area (Å²) in [4.78, 5) is 1.28. The van der Waals surface area contributed by atoms with Crippen LogP contribution in [0.25, 0.3) is 0 Å². The maximum absolute atomic E-state index is 5.59. The number of rotatable bonds is 8. The average Bonchev–Trinajstić information content (AvgIpc) is 2.34. The summed E-state index contributed by atoms with van der Waals surface area (Å²) in [6.07, 6.45) is 2.36. The van der Waals surface area contributed by atoms with Crippen molar-refractivity contribution in [1.29, 1.82) is 0 Å². The van der Waals surface area contributed by atoms with Gasteiger partial charge in [0.15, 0.2) is 0 Å². The maximum atomic E-state index is 5.59. The van der Waals surface area contributed by atoms with Crippen molar-refractivity contribution in [2.75, 3.05) is 19.0 Å². The van der Waals surface area contributed by atoms with Crippen LogP contribution in [0.4, 0.5) is 0 Å². The minimum atomic E-state index is 0.612. The summed E-state index contributed by atoms with van der Waals surface area (Å²) < 4.78 is 5.51. The molecule has 0 saturated carbocycles. The molecule has 0 unspecified atom stereocenters. The molecule has 0 aliphatic rings. The van der Waals surface area contributed by atoms with Crippen LogP contribution in [-0.2, 0) is 11.3 Å². The van der Waals surface area contributed by atoms with Crippen molar-refractivity contribution in [1.82, 2.24) is 0 Å². The molecule has 0 spiro atoms. The van der Waals surface area contributed by atoms with Gasteiger partial charge in [-0.2, -0.15) is 0 Å². The Labute approximate surface area is 103 Å². The highest BCUT2D eigenvalue weighted by Gasteiger charge is 1.96. The number of benzene rings is 1. The van der Waals surface area contributed by atoms with E-state index in [4.69, 9.17) is 10.5 Å². The lowest BCUT2D eigenvalue weighted by Crippen LogP contribution is -1.99. The minimum absolute atomic E-state index is 0.612. The molecule has 2 N–H and O–H groups in total. The normalized spacial score (nSPS) is 10.6. The van der Waals surface area contributed by atoms with Gasteiger partial charge in [-0.3, -0.25) is 0 Å². The van der Waals surface area contributed by atoms with E-state index in [0.717, 1.165) is 25.4 Å². The molecule has 0 atom stereocenters. The van der Waals surface area contributed by atoms with Crippen LogP contribution in [0.5, 0.6) is 0 Å². The summed E-state index contributed by atoms with van der Waals surface area (Å²) in [6.45, 7) is 4.51. The van der Waals surface area contributed by atoms with Gasteiger partial charge in [-0.25, -0.2) is 0 Å². The Morgan fingerprint density at radius 1 is 1.31 bits per heavy atom. The molecule has 0 bridgehead atoms. The van der Waals surface area contributed by atoms with Gasteiger partial charge >= 0.3 is 0 Å². The van der Waals surface area contributed by atoms with Crippen molar-refractivity contribution in [3.05, 3.63) is 29.8 Å². The third kappa shape index (κ3) is 5.54. The highest BCUT2D eigenvalue weighted by Crippen LogP contribution is 2.18. The molecule has 0 aliphatic heterocycles. The van der Waals surface area contributed by atoms with E-state index in [0.29, 0.717) is 6.54 Å². The lowest BCUT2D eigenvalue weighted by atomic mass is 10.2. The molecular formula is C13H21NOS. The van der Waals surface area contributed by atoms with E-state index in [1.165, 1.54) is 16.9 Å². The molecule has 0 amide bonds. The smallest absolute Gasteiger partial charge is 0.0560 e. The molecule has 0 aromatic heterocycles. The predicted molar refractivity (Wildman–Crippen MR) is 70.8 cm³/mol. The van der Waals surface area contributed by atoms with Crippen LogP contribution in [-0.4, -0.2) is 19.0 Å². The Morgan fingerprint density at radius 2 is 2.19 bits per heavy atom. The Bertz CT molecular complexity index is 291. The number of ether oxygens (including phenoxy) is 1. The lowest BCUT2D eigenvalue weighted by molar-refractivity contribution is 0.147. The molecule has 1 aromatic carbocycles. The first-order chi connectivity index (χ1) is 7.86. The Hall–Kier alpha value is -0.510. The second-order valence-electron chi connectivity index (χ2n) is 3.67. The van der Waals surface area contributed by atoms with Crippen LogP contribution >= 0.6 is 11.8 Å². The van der Waals surface area contributed by atoms with Gasteiger partial charge in [0.1, 0.15) is 0 Å². The summed E-state index contributed by atoms with van der Waals surface area (Å²) in [5, 5.41) is 0. The van der Waals surface area contributed by atoms with Gasteiger partial charge in [0, 0.05) is 23.8 Å². The van der Waals surface area contributed by atoms with Gasteiger partial charge in [-0.1, -0.05) is 25.5 Å². The molecular weight excluding hydrogens is 218 g/mol. The second-order valence-corrected chi connectivity index (χ2v) is 4.83. The van der Waals surface area contributed by atoms with Gasteiger partial charge in [0.2, 0.25) is 0 Å². The fourth-order valence-electron chi connectivity index (χ4n) is 1.33. The van der Waals surface area contributed by atoms with Crippen LogP contribution < -0.4 is 5.73 Å². The van der Waals surface area contributed by atoms with Crippen LogP contribution in [0.15, 0.2) is 29.2 Å². The first kappa shape index (κ1) is 13.6. The molecule has 1 aromatic rings. The zero-order chi connectivity index (χ0) is 11.6. The second kappa shape index (κ2) is 8.62. The zero-order valence-corrected chi connectivity index (χ0v) is 10.8. The molecule has 16 heavy (non-hydrogen) atoms. The number of thioether (sulfide) groups is 1. The molecule has 2 nitrogen and oxygen atoms in total. The van der Waals surface area contributed by atoms with E-state index in [2.05, 4.69) is 31.2 Å². The molecule has 0 saturated heterocycles. The third-order valence-corrected chi connectivity index (χ3v) is 3.23. The lowest BCUT2D eigenvalue weighted by Gasteiger charge is -2.04. The van der Waals surface area contributed by atoms with Gasteiger partial charge in [-0.15, -0.1) is 11.8 Å². The van der Waals surface area contributed by atoms with Crippen molar-refractivity contribution in [3.63, 3.8) is 0 Å². The highest BCUT2D eigenvalue weighted by atomic mass is 32.2. The predicted octanol–water partition coefficient (Wildman–Crippen LogP) is 3.05. The van der Waals surface area contributed by atoms with Gasteiger partial charge in [-0.05, 0) is 24.1 Å². The summed E-state index contributed by atoms with van der Waals surface area (Å²) in [6, 6.07) is 8.39. The number of hydrogen-bond donors (Lipinski definition) is 1. The topological polar surface area (TPSA) is 35.2 Å². The summed E-state index contributed by atoms with van der Waals surface area (Å²) in [5.41, 5.74) is 6.79. The molecule has 1 rings (SSSR count). The molecule has 0 radical (unpaired) electrons. The van der Waals surface area contributed by atoms with Gasteiger partial charge in [0.25, 0.3) is 0 Å². The molecule has 90 valence electrons. The molecule has 3 heteroatoms. The highest BCUT2D eigenvalue weighted by molar-refractivity contribution is 7.99. The summed E-state index contributed by atoms with van der Waals surface area (Å²) in [5.74, 6) is 1.01. The van der Waals surface area contributed by atoms with E-state index in [-0.39, 0.29) is 0 Å². The van der Waals surface area contributed by atoms with E-state index >= 15 is 0 Å². The Kier molecular flexibility index (Phi) is 7.30. The number of nitrogens with two attached hydrogens (primary N) is 1. The molecule has 0 aliphatic carbocycles. The van der Waals surface area contributed by atoms with Crippen LogP contribution in [0.1, 0.15) is 25.3 Å². The first-order valence-corrected chi connectivity index (χ1v) is 6.85. The standard InChI is InChI=1S/C13H21NOS/c1-2-3-7-15-8-9-16-13-6-4-5-12(10-13)11-14/h4-6,10H,2-3,7-9,11,14H2,1H3. The average molecular weight is 239 g/mol. The zero-order valence-electron chi connectivity index (χ0n) is 9.95. The quantitative estimate of drug-likeness (QED) is 0.559. The van der Waals surface area contributed by atoms with Crippen molar-refractivity contribution < 1.29 is 4.74 Å². The van der Waals surface area contributed by atoms with E-state index < -0.39 is 0 Å². The van der Waals surface area contributed by atoms with E-state index in [1.54, 1.807) is 0 Å². The number of unbranched alkanes of at least 4 members (excludes halogenated alkanes) is 1. The van der Waals surface area contributed by atoms with Crippen LogP contribution in [0, 0.1) is 0 Å². The van der Waals surface area contributed by atoms with Crippen molar-refractivity contribution in [2.24, 2.45) is 5.73 Å². The first-order valence-electron chi connectivity index (χ1n) is 5.86. The molecule has 0 heterocycles. The van der Waals surface area contributed by atoms with Crippen molar-refractivity contribution in [2.45, 2.75) is 31.2 Å². The fraction of sp³-hybridized carbons (Fsp3) is 0.538. The van der Waals surface area contributed by atoms with Gasteiger partial charge < -0.3 is 10.5 Å².